The van der Waals surface area contributed by atoms with E-state index in [1.807, 2.05) is 16.7 Å². The number of nitrogens with one attached hydrogen (secondary N) is 1. The van der Waals surface area contributed by atoms with Gasteiger partial charge in [-0.25, -0.2) is 0 Å². The fraction of sp³-hybridized carbons (Fsp3) is 0.579. The first-order valence-corrected chi connectivity index (χ1v) is 9.57. The van der Waals surface area contributed by atoms with Gasteiger partial charge in [0, 0.05) is 41.3 Å². The maximum absolute atomic E-state index is 12.9. The number of rotatable bonds is 4. The number of benzene rings is 1. The third-order valence-corrected chi connectivity index (χ3v) is 5.47. The van der Waals surface area contributed by atoms with Gasteiger partial charge in [0.25, 0.3) is 5.91 Å². The Bertz CT molecular complexity index is 578. The van der Waals surface area contributed by atoms with E-state index in [-0.39, 0.29) is 16.6 Å². The summed E-state index contributed by atoms with van der Waals surface area (Å²) in [5.74, 6) is 0.979. The first kappa shape index (κ1) is 18.8. The third-order valence-electron chi connectivity index (χ3n) is 4.05. The van der Waals surface area contributed by atoms with Crippen LogP contribution in [0.5, 0.6) is 0 Å². The van der Waals surface area contributed by atoms with Crippen LogP contribution in [0.3, 0.4) is 0 Å². The van der Waals surface area contributed by atoms with E-state index in [2.05, 4.69) is 26.1 Å². The summed E-state index contributed by atoms with van der Waals surface area (Å²) in [5, 5.41) is 2.73. The summed E-state index contributed by atoms with van der Waals surface area (Å²) in [4.78, 5) is 26.0. The third kappa shape index (κ3) is 5.55. The quantitative estimate of drug-likeness (QED) is 0.888. The fourth-order valence-electron chi connectivity index (χ4n) is 2.85. The maximum atomic E-state index is 12.9. The predicted molar refractivity (Wildman–Crippen MR) is 102 cm³/mol. The average molecular weight is 349 g/mol. The summed E-state index contributed by atoms with van der Waals surface area (Å²) < 4.78 is 0.214. The lowest BCUT2D eigenvalue weighted by atomic mass is 10.0. The minimum Gasteiger partial charge on any atom is -0.335 e. The molecular weight excluding hydrogens is 320 g/mol. The molecule has 0 radical (unpaired) electrons. The Morgan fingerprint density at radius 1 is 1.21 bits per heavy atom. The molecule has 0 saturated carbocycles. The zero-order valence-electron chi connectivity index (χ0n) is 15.1. The van der Waals surface area contributed by atoms with Crippen LogP contribution >= 0.6 is 11.8 Å². The van der Waals surface area contributed by atoms with E-state index in [1.54, 1.807) is 24.3 Å². The molecule has 132 valence electrons. The van der Waals surface area contributed by atoms with Crippen molar-refractivity contribution in [3.63, 3.8) is 0 Å². The van der Waals surface area contributed by atoms with Gasteiger partial charge in [-0.05, 0) is 43.5 Å². The van der Waals surface area contributed by atoms with E-state index in [4.69, 9.17) is 0 Å². The monoisotopic (exact) mass is 348 g/mol. The lowest BCUT2D eigenvalue weighted by Gasteiger charge is -2.37. The van der Waals surface area contributed by atoms with Gasteiger partial charge >= 0.3 is 0 Å². The van der Waals surface area contributed by atoms with Crippen LogP contribution in [0.4, 0.5) is 5.69 Å². The van der Waals surface area contributed by atoms with E-state index in [1.165, 1.54) is 13.3 Å². The molecule has 24 heavy (non-hydrogen) atoms. The van der Waals surface area contributed by atoms with Crippen molar-refractivity contribution >= 4 is 29.3 Å². The van der Waals surface area contributed by atoms with Crippen molar-refractivity contribution in [1.82, 2.24) is 4.90 Å². The van der Waals surface area contributed by atoms with Crippen molar-refractivity contribution in [3.05, 3.63) is 29.8 Å². The highest BCUT2D eigenvalue weighted by Crippen LogP contribution is 2.29. The van der Waals surface area contributed by atoms with Gasteiger partial charge in [-0.2, -0.15) is 11.8 Å². The second-order valence-corrected chi connectivity index (χ2v) is 9.18. The van der Waals surface area contributed by atoms with Crippen molar-refractivity contribution in [2.45, 2.75) is 57.7 Å². The van der Waals surface area contributed by atoms with Crippen molar-refractivity contribution < 1.29 is 9.59 Å². The van der Waals surface area contributed by atoms with Gasteiger partial charge in [-0.3, -0.25) is 9.59 Å². The van der Waals surface area contributed by atoms with Crippen LogP contribution < -0.4 is 5.32 Å². The van der Waals surface area contributed by atoms with Crippen LogP contribution in [-0.4, -0.2) is 39.8 Å². The molecule has 0 bridgehead atoms. The number of amides is 2. The molecule has 1 aliphatic rings. The zero-order valence-corrected chi connectivity index (χ0v) is 15.9. The van der Waals surface area contributed by atoms with Gasteiger partial charge in [0.05, 0.1) is 0 Å². The van der Waals surface area contributed by atoms with E-state index in [9.17, 15) is 9.59 Å². The number of thioether (sulfide) groups is 1. The average Bonchev–Trinajstić information content (AvgIpc) is 2.52. The number of carbonyl (C=O) groups excluding carboxylic acids is 2. The summed E-state index contributed by atoms with van der Waals surface area (Å²) >= 11 is 1.92. The highest BCUT2D eigenvalue weighted by atomic mass is 32.2. The Balaban J connectivity index is 2.06. The van der Waals surface area contributed by atoms with Crippen molar-refractivity contribution in [2.24, 2.45) is 0 Å². The Kier molecular flexibility index (Phi) is 6.33. The maximum Gasteiger partial charge on any atom is 0.254 e. The highest BCUT2D eigenvalue weighted by molar-refractivity contribution is 8.00. The molecule has 2 rings (SSSR count). The lowest BCUT2D eigenvalue weighted by Crippen LogP contribution is -2.45. The summed E-state index contributed by atoms with van der Waals surface area (Å²) in [6.07, 6.45) is 3.35. The van der Waals surface area contributed by atoms with Crippen molar-refractivity contribution in [1.29, 1.82) is 0 Å². The van der Waals surface area contributed by atoms with Gasteiger partial charge in [0.1, 0.15) is 0 Å². The second-order valence-electron chi connectivity index (χ2n) is 7.33. The number of hydrogen-bond acceptors (Lipinski definition) is 3. The molecule has 1 aliphatic heterocycles. The number of nitrogens with zero attached hydrogens (tertiary/aromatic N) is 1. The van der Waals surface area contributed by atoms with Gasteiger partial charge in [-0.1, -0.05) is 20.8 Å². The highest BCUT2D eigenvalue weighted by Gasteiger charge is 2.28. The fourth-order valence-corrected chi connectivity index (χ4v) is 3.89. The molecular formula is C19H28N2O2S. The van der Waals surface area contributed by atoms with Crippen LogP contribution in [0.2, 0.25) is 0 Å². The molecule has 0 unspecified atom stereocenters. The number of hydrogen-bond donors (Lipinski definition) is 1. The van der Waals surface area contributed by atoms with Crippen molar-refractivity contribution in [2.75, 3.05) is 17.6 Å². The molecule has 1 atom stereocenters. The molecule has 5 heteroatoms. The van der Waals surface area contributed by atoms with E-state index in [0.29, 0.717) is 11.6 Å². The number of carbonyl (C=O) groups is 2. The molecule has 1 heterocycles. The number of piperidine rings is 1. The van der Waals surface area contributed by atoms with Crippen LogP contribution in [-0.2, 0) is 4.79 Å². The van der Waals surface area contributed by atoms with Crippen LogP contribution in [0.25, 0.3) is 0 Å². The summed E-state index contributed by atoms with van der Waals surface area (Å²) in [7, 11) is 0. The molecule has 0 spiro atoms. The van der Waals surface area contributed by atoms with Crippen LogP contribution in [0.1, 0.15) is 57.3 Å². The van der Waals surface area contributed by atoms with Gasteiger partial charge < -0.3 is 10.2 Å². The molecule has 2 amide bonds. The Labute approximate surface area is 149 Å². The minimum absolute atomic E-state index is 0.101. The molecule has 1 aromatic carbocycles. The largest absolute Gasteiger partial charge is 0.335 e. The van der Waals surface area contributed by atoms with Crippen LogP contribution in [0.15, 0.2) is 24.3 Å². The molecule has 1 fully saturated rings. The smallest absolute Gasteiger partial charge is 0.254 e. The SMILES string of the molecule is CC(=O)Nc1ccc(C(=O)N2CCCC[C@@H]2CSC(C)(C)C)cc1. The van der Waals surface area contributed by atoms with E-state index < -0.39 is 0 Å². The second kappa shape index (κ2) is 8.06. The van der Waals surface area contributed by atoms with Gasteiger partial charge in [0.2, 0.25) is 5.91 Å². The number of likely N-dealkylation sites (tertiary alicyclic amines) is 1. The zero-order chi connectivity index (χ0) is 17.7. The van der Waals surface area contributed by atoms with Gasteiger partial charge in [-0.15, -0.1) is 0 Å². The molecule has 0 aromatic heterocycles. The predicted octanol–water partition coefficient (Wildman–Crippen LogP) is 4.17. The summed E-state index contributed by atoms with van der Waals surface area (Å²) in [6, 6.07) is 7.49. The minimum atomic E-state index is -0.107. The molecule has 1 aromatic rings. The molecule has 1 saturated heterocycles. The Hall–Kier alpha value is -1.49. The van der Waals surface area contributed by atoms with Crippen LogP contribution in [0, 0.1) is 0 Å². The first-order chi connectivity index (χ1) is 11.3. The normalized spacial score (nSPS) is 18.3. The topological polar surface area (TPSA) is 49.4 Å². The molecule has 4 nitrogen and oxygen atoms in total. The summed E-state index contributed by atoms with van der Waals surface area (Å²) in [5.41, 5.74) is 1.41. The molecule has 0 aliphatic carbocycles. The van der Waals surface area contributed by atoms with E-state index >= 15 is 0 Å². The van der Waals surface area contributed by atoms with Crippen molar-refractivity contribution in [3.8, 4) is 0 Å². The Morgan fingerprint density at radius 3 is 2.46 bits per heavy atom. The van der Waals surface area contributed by atoms with Gasteiger partial charge in [0.15, 0.2) is 0 Å². The first-order valence-electron chi connectivity index (χ1n) is 8.59. The Morgan fingerprint density at radius 2 is 1.88 bits per heavy atom. The number of anilines is 1. The standard InChI is InChI=1S/C19H28N2O2S/c1-14(22)20-16-10-8-15(9-11-16)18(23)21-12-6-5-7-17(21)13-24-19(2,3)4/h8-11,17H,5-7,12-13H2,1-4H3,(H,20,22)/t17-/m1/s1. The molecule has 1 N–H and O–H groups in total. The lowest BCUT2D eigenvalue weighted by molar-refractivity contribution is -0.114. The van der Waals surface area contributed by atoms with E-state index in [0.717, 1.165) is 30.8 Å². The summed E-state index contributed by atoms with van der Waals surface area (Å²) in [6.45, 7) is 8.96.